The van der Waals surface area contributed by atoms with E-state index in [1.54, 1.807) is 37.0 Å². The summed E-state index contributed by atoms with van der Waals surface area (Å²) < 4.78 is 5.66. The van der Waals surface area contributed by atoms with Crippen molar-refractivity contribution in [2.75, 3.05) is 19.8 Å². The van der Waals surface area contributed by atoms with E-state index in [0.29, 0.717) is 11.6 Å². The zero-order valence-electron chi connectivity index (χ0n) is 11.8. The Morgan fingerprint density at radius 1 is 1.44 bits per heavy atom. The second-order valence-corrected chi connectivity index (χ2v) is 6.53. The molecule has 1 heterocycles. The molecule has 0 aromatic carbocycles. The second kappa shape index (κ2) is 6.27. The summed E-state index contributed by atoms with van der Waals surface area (Å²) in [5.74, 6) is 1.91. The van der Waals surface area contributed by atoms with Crippen molar-refractivity contribution in [1.82, 2.24) is 9.88 Å². The maximum Gasteiger partial charge on any atom is 0.255 e. The van der Waals surface area contributed by atoms with Gasteiger partial charge in [-0.2, -0.15) is 0 Å². The number of carbonyl (C=O) groups excluding carboxylic acids is 1. The third-order valence-electron chi connectivity index (χ3n) is 2.48. The van der Waals surface area contributed by atoms with Gasteiger partial charge in [-0.3, -0.25) is 4.79 Å². The Bertz CT molecular complexity index is 394. The van der Waals surface area contributed by atoms with Gasteiger partial charge in [-0.1, -0.05) is 32.5 Å². The molecule has 0 unspecified atom stereocenters. The Labute approximate surface area is 113 Å². The minimum atomic E-state index is -0.00724. The fourth-order valence-corrected chi connectivity index (χ4v) is 2.02. The number of hydrogen-bond donors (Lipinski definition) is 0. The summed E-state index contributed by atoms with van der Waals surface area (Å²) in [4.78, 5) is 17.2. The van der Waals surface area contributed by atoms with Crippen LogP contribution in [0.25, 0.3) is 0 Å². The first-order valence-corrected chi connectivity index (χ1v) is 7.08. The van der Waals surface area contributed by atoms with Crippen LogP contribution < -0.4 is 0 Å². The first kappa shape index (κ1) is 15.1. The Morgan fingerprint density at radius 3 is 2.61 bits per heavy atom. The largest absolute Gasteiger partial charge is 0.436 e. The molecule has 5 heteroatoms. The minimum Gasteiger partial charge on any atom is -0.436 e. The average molecular weight is 270 g/mol. The fourth-order valence-electron chi connectivity index (χ4n) is 1.28. The number of rotatable bonds is 5. The SMILES string of the molecule is CN(C)C(=O)CCCSc1ncc(C(C)(C)C)o1. The van der Waals surface area contributed by atoms with Crippen LogP contribution in [0.2, 0.25) is 0 Å². The summed E-state index contributed by atoms with van der Waals surface area (Å²) in [6.45, 7) is 6.28. The maximum atomic E-state index is 11.4. The van der Waals surface area contributed by atoms with E-state index >= 15 is 0 Å². The van der Waals surface area contributed by atoms with E-state index in [9.17, 15) is 4.79 Å². The molecule has 0 radical (unpaired) electrons. The zero-order valence-corrected chi connectivity index (χ0v) is 12.6. The van der Waals surface area contributed by atoms with Crippen LogP contribution in [0, 0.1) is 0 Å². The van der Waals surface area contributed by atoms with Crippen LogP contribution in [0.4, 0.5) is 0 Å². The van der Waals surface area contributed by atoms with E-state index in [2.05, 4.69) is 25.8 Å². The minimum absolute atomic E-state index is 0.00724. The third kappa shape index (κ3) is 4.72. The molecule has 0 bridgehead atoms. The van der Waals surface area contributed by atoms with Gasteiger partial charge in [0.1, 0.15) is 5.76 Å². The number of hydrogen-bond acceptors (Lipinski definition) is 4. The molecule has 0 aliphatic rings. The molecule has 0 fully saturated rings. The Balaban J connectivity index is 2.32. The molecule has 18 heavy (non-hydrogen) atoms. The van der Waals surface area contributed by atoms with Gasteiger partial charge in [0.05, 0.1) is 6.20 Å². The Hall–Kier alpha value is -0.970. The lowest BCUT2D eigenvalue weighted by Crippen LogP contribution is -2.21. The quantitative estimate of drug-likeness (QED) is 0.609. The molecule has 1 aromatic rings. The molecule has 1 aromatic heterocycles. The van der Waals surface area contributed by atoms with Gasteiger partial charge in [0, 0.05) is 31.7 Å². The predicted octanol–water partition coefficient (Wildman–Crippen LogP) is 2.93. The van der Waals surface area contributed by atoms with Gasteiger partial charge < -0.3 is 9.32 Å². The monoisotopic (exact) mass is 270 g/mol. The summed E-state index contributed by atoms with van der Waals surface area (Å²) in [5, 5.41) is 0.692. The highest BCUT2D eigenvalue weighted by atomic mass is 32.2. The predicted molar refractivity (Wildman–Crippen MR) is 73.9 cm³/mol. The summed E-state index contributed by atoms with van der Waals surface area (Å²) >= 11 is 1.56. The molecule has 1 rings (SSSR count). The van der Waals surface area contributed by atoms with Crippen LogP contribution in [0.3, 0.4) is 0 Å². The van der Waals surface area contributed by atoms with Crippen molar-refractivity contribution in [1.29, 1.82) is 0 Å². The highest BCUT2D eigenvalue weighted by Crippen LogP contribution is 2.27. The van der Waals surface area contributed by atoms with E-state index in [-0.39, 0.29) is 11.3 Å². The number of thioether (sulfide) groups is 1. The number of carbonyl (C=O) groups is 1. The van der Waals surface area contributed by atoms with E-state index in [0.717, 1.165) is 17.9 Å². The number of oxazole rings is 1. The van der Waals surface area contributed by atoms with Gasteiger partial charge in [-0.25, -0.2) is 4.98 Å². The van der Waals surface area contributed by atoms with Gasteiger partial charge in [-0.05, 0) is 6.42 Å². The van der Waals surface area contributed by atoms with Crippen LogP contribution in [0.5, 0.6) is 0 Å². The average Bonchev–Trinajstić information content (AvgIpc) is 2.72. The fraction of sp³-hybridized carbons (Fsp3) is 0.692. The maximum absolute atomic E-state index is 11.4. The molecule has 0 atom stereocenters. The first-order chi connectivity index (χ1) is 8.30. The van der Waals surface area contributed by atoms with Crippen LogP contribution >= 0.6 is 11.8 Å². The molecular formula is C13H22N2O2S. The van der Waals surface area contributed by atoms with E-state index in [4.69, 9.17) is 4.42 Å². The lowest BCUT2D eigenvalue weighted by atomic mass is 9.94. The van der Waals surface area contributed by atoms with Crippen molar-refractivity contribution in [3.05, 3.63) is 12.0 Å². The number of aromatic nitrogens is 1. The zero-order chi connectivity index (χ0) is 13.8. The Kier molecular flexibility index (Phi) is 5.26. The smallest absolute Gasteiger partial charge is 0.255 e. The molecule has 0 spiro atoms. The molecule has 0 saturated carbocycles. The molecule has 0 aliphatic carbocycles. The van der Waals surface area contributed by atoms with Gasteiger partial charge in [0.2, 0.25) is 5.91 Å². The van der Waals surface area contributed by atoms with Crippen molar-refractivity contribution in [2.45, 2.75) is 44.3 Å². The molecule has 0 saturated heterocycles. The topological polar surface area (TPSA) is 46.3 Å². The summed E-state index contributed by atoms with van der Waals surface area (Å²) in [5.41, 5.74) is -0.00724. The molecule has 1 amide bonds. The second-order valence-electron chi connectivity index (χ2n) is 5.48. The molecule has 4 nitrogen and oxygen atoms in total. The number of nitrogens with zero attached hydrogens (tertiary/aromatic N) is 2. The summed E-state index contributed by atoms with van der Waals surface area (Å²) in [6.07, 6.45) is 3.20. The van der Waals surface area contributed by atoms with E-state index in [1.165, 1.54) is 0 Å². The van der Waals surface area contributed by atoms with Crippen LogP contribution in [-0.2, 0) is 10.2 Å². The van der Waals surface area contributed by atoms with Gasteiger partial charge in [0.15, 0.2) is 0 Å². The molecule has 102 valence electrons. The Morgan fingerprint density at radius 2 is 2.11 bits per heavy atom. The van der Waals surface area contributed by atoms with Crippen molar-refractivity contribution < 1.29 is 9.21 Å². The van der Waals surface area contributed by atoms with Gasteiger partial charge >= 0.3 is 0 Å². The van der Waals surface area contributed by atoms with Gasteiger partial charge in [-0.15, -0.1) is 0 Å². The van der Waals surface area contributed by atoms with Gasteiger partial charge in [0.25, 0.3) is 5.22 Å². The normalized spacial score (nSPS) is 11.6. The third-order valence-corrected chi connectivity index (χ3v) is 3.41. The highest BCUT2D eigenvalue weighted by Gasteiger charge is 2.19. The molecular weight excluding hydrogens is 248 g/mol. The molecule has 0 N–H and O–H groups in total. The van der Waals surface area contributed by atoms with Crippen molar-refractivity contribution in [2.24, 2.45) is 0 Å². The standard InChI is InChI=1S/C13H22N2O2S/c1-13(2,3)10-9-14-12(17-10)18-8-6-7-11(16)15(4)5/h9H,6-8H2,1-5H3. The number of amides is 1. The highest BCUT2D eigenvalue weighted by molar-refractivity contribution is 7.99. The van der Waals surface area contributed by atoms with Crippen molar-refractivity contribution in [3.8, 4) is 0 Å². The van der Waals surface area contributed by atoms with Crippen LogP contribution in [0.1, 0.15) is 39.4 Å². The van der Waals surface area contributed by atoms with E-state index in [1.807, 2.05) is 0 Å². The lowest BCUT2D eigenvalue weighted by molar-refractivity contribution is -0.128. The lowest BCUT2D eigenvalue weighted by Gasteiger charge is -2.12. The van der Waals surface area contributed by atoms with Crippen molar-refractivity contribution >= 4 is 17.7 Å². The summed E-state index contributed by atoms with van der Waals surface area (Å²) in [7, 11) is 3.55. The van der Waals surface area contributed by atoms with Crippen molar-refractivity contribution in [3.63, 3.8) is 0 Å². The van der Waals surface area contributed by atoms with E-state index < -0.39 is 0 Å². The summed E-state index contributed by atoms with van der Waals surface area (Å²) in [6, 6.07) is 0. The first-order valence-electron chi connectivity index (χ1n) is 6.10. The van der Waals surface area contributed by atoms with Crippen LogP contribution in [0.15, 0.2) is 15.8 Å². The van der Waals surface area contributed by atoms with Crippen LogP contribution in [-0.4, -0.2) is 35.6 Å². The molecule has 0 aliphatic heterocycles.